The molecule has 14 heteroatoms. The van der Waals surface area contributed by atoms with Crippen LogP contribution in [0.5, 0.6) is 5.75 Å². The SMILES string of the molecule is C[C@@H]1CCCCO[C@@H](CN(C)S(=O)(=O)c2cn(C)cn2)[C@H](C)CN([C@@H](C)CO)C(=O)c2cc(NC(=O)Nc3cccc4ccccc34)ccc2O1. The number of aromatic nitrogens is 2. The second kappa shape index (κ2) is 16.7. The van der Waals surface area contributed by atoms with Crippen molar-refractivity contribution in [3.63, 3.8) is 0 Å². The zero-order valence-corrected chi connectivity index (χ0v) is 30.6. The van der Waals surface area contributed by atoms with Crippen molar-refractivity contribution in [2.75, 3.05) is 44.0 Å². The summed E-state index contributed by atoms with van der Waals surface area (Å²) in [6.07, 6.45) is 4.28. The fraction of sp³-hybridized carbons (Fsp3) is 0.432. The van der Waals surface area contributed by atoms with Crippen LogP contribution in [0.2, 0.25) is 0 Å². The van der Waals surface area contributed by atoms with Crippen LogP contribution in [0.25, 0.3) is 10.8 Å². The smallest absolute Gasteiger partial charge is 0.323 e. The minimum atomic E-state index is -3.90. The summed E-state index contributed by atoms with van der Waals surface area (Å²) in [4.78, 5) is 33.2. The number of urea groups is 1. The Labute approximate surface area is 299 Å². The van der Waals surface area contributed by atoms with Gasteiger partial charge in [0.1, 0.15) is 5.75 Å². The molecule has 0 saturated heterocycles. The summed E-state index contributed by atoms with van der Waals surface area (Å²) >= 11 is 0. The molecule has 1 aliphatic rings. The molecule has 5 rings (SSSR count). The van der Waals surface area contributed by atoms with Crippen LogP contribution < -0.4 is 15.4 Å². The topological polar surface area (TPSA) is 155 Å². The van der Waals surface area contributed by atoms with E-state index in [0.717, 1.165) is 23.6 Å². The molecular weight excluding hydrogens is 673 g/mol. The quantitative estimate of drug-likeness (QED) is 0.221. The van der Waals surface area contributed by atoms with Gasteiger partial charge >= 0.3 is 6.03 Å². The first-order chi connectivity index (χ1) is 24.4. The summed E-state index contributed by atoms with van der Waals surface area (Å²) in [6.45, 7) is 5.84. The number of carbonyl (C=O) groups is 2. The highest BCUT2D eigenvalue weighted by Crippen LogP contribution is 2.29. The lowest BCUT2D eigenvalue weighted by atomic mass is 10.0. The van der Waals surface area contributed by atoms with E-state index in [4.69, 9.17) is 9.47 Å². The van der Waals surface area contributed by atoms with Gasteiger partial charge in [-0.15, -0.1) is 0 Å². The molecule has 3 N–H and O–H groups in total. The average molecular weight is 721 g/mol. The van der Waals surface area contributed by atoms with Gasteiger partial charge in [-0.05, 0) is 62.8 Å². The highest BCUT2D eigenvalue weighted by molar-refractivity contribution is 7.89. The van der Waals surface area contributed by atoms with E-state index in [1.807, 2.05) is 56.3 Å². The Hall–Kier alpha value is -4.50. The molecule has 1 aromatic heterocycles. The molecule has 4 aromatic rings. The van der Waals surface area contributed by atoms with Gasteiger partial charge in [0.05, 0.1) is 42.4 Å². The lowest BCUT2D eigenvalue weighted by molar-refractivity contribution is -0.00835. The molecule has 1 aliphatic heterocycles. The van der Waals surface area contributed by atoms with E-state index in [9.17, 15) is 23.1 Å². The van der Waals surface area contributed by atoms with Gasteiger partial charge in [-0.3, -0.25) is 4.79 Å². The minimum absolute atomic E-state index is 0.0333. The van der Waals surface area contributed by atoms with Crippen LogP contribution in [-0.4, -0.2) is 95.8 Å². The molecule has 4 atom stereocenters. The van der Waals surface area contributed by atoms with Gasteiger partial charge in [0.15, 0.2) is 5.03 Å². The molecule has 13 nitrogen and oxygen atoms in total. The number of hydrogen-bond donors (Lipinski definition) is 3. The van der Waals surface area contributed by atoms with Crippen molar-refractivity contribution >= 4 is 44.1 Å². The number of likely N-dealkylation sites (N-methyl/N-ethyl adjacent to an activating group) is 1. The molecule has 0 fully saturated rings. The Morgan fingerprint density at radius 2 is 1.86 bits per heavy atom. The lowest BCUT2D eigenvalue weighted by Crippen LogP contribution is -2.48. The van der Waals surface area contributed by atoms with Crippen molar-refractivity contribution in [3.8, 4) is 5.75 Å². The summed E-state index contributed by atoms with van der Waals surface area (Å²) < 4.78 is 42.1. The normalized spacial score (nSPS) is 19.9. The molecule has 0 saturated carbocycles. The van der Waals surface area contributed by atoms with E-state index in [-0.39, 0.29) is 42.3 Å². The number of carbonyl (C=O) groups excluding carboxylic acids is 2. The summed E-state index contributed by atoms with van der Waals surface area (Å²) in [5.74, 6) is -0.390. The van der Waals surface area contributed by atoms with Crippen molar-refractivity contribution in [1.29, 1.82) is 0 Å². The zero-order chi connectivity index (χ0) is 36.7. The van der Waals surface area contributed by atoms with E-state index in [1.54, 1.807) is 41.6 Å². The first-order valence-electron chi connectivity index (χ1n) is 17.2. The van der Waals surface area contributed by atoms with Crippen LogP contribution in [0.1, 0.15) is 50.4 Å². The number of hydrogen-bond acceptors (Lipinski definition) is 8. The Balaban J connectivity index is 1.41. The molecule has 2 heterocycles. The largest absolute Gasteiger partial charge is 0.490 e. The van der Waals surface area contributed by atoms with Gasteiger partial charge in [0.25, 0.3) is 15.9 Å². The summed E-state index contributed by atoms with van der Waals surface area (Å²) in [7, 11) is -0.703. The molecule has 274 valence electrons. The van der Waals surface area contributed by atoms with E-state index >= 15 is 0 Å². The predicted octanol–water partition coefficient (Wildman–Crippen LogP) is 5.33. The van der Waals surface area contributed by atoms with Crippen LogP contribution in [0.4, 0.5) is 16.2 Å². The third kappa shape index (κ3) is 9.25. The summed E-state index contributed by atoms with van der Waals surface area (Å²) in [5.41, 5.74) is 1.25. The maximum absolute atomic E-state index is 14.5. The Kier molecular flexibility index (Phi) is 12.3. The minimum Gasteiger partial charge on any atom is -0.490 e. The van der Waals surface area contributed by atoms with E-state index < -0.39 is 34.1 Å². The number of aryl methyl sites for hydroxylation is 1. The number of aliphatic hydroxyl groups excluding tert-OH is 1. The number of nitrogens with one attached hydrogen (secondary N) is 2. The maximum Gasteiger partial charge on any atom is 0.323 e. The molecule has 0 bridgehead atoms. The van der Waals surface area contributed by atoms with Crippen LogP contribution in [0, 0.1) is 5.92 Å². The monoisotopic (exact) mass is 720 g/mol. The van der Waals surface area contributed by atoms with Gasteiger partial charge in [0.2, 0.25) is 0 Å². The van der Waals surface area contributed by atoms with Crippen LogP contribution in [-0.2, 0) is 21.8 Å². The second-order valence-electron chi connectivity index (χ2n) is 13.3. The number of nitrogens with zero attached hydrogens (tertiary/aromatic N) is 4. The number of anilines is 2. The molecule has 0 spiro atoms. The maximum atomic E-state index is 14.5. The molecule has 0 aliphatic carbocycles. The number of amides is 3. The lowest BCUT2D eigenvalue weighted by Gasteiger charge is -2.35. The third-order valence-electron chi connectivity index (χ3n) is 9.14. The highest BCUT2D eigenvalue weighted by Gasteiger charge is 2.33. The summed E-state index contributed by atoms with van der Waals surface area (Å²) in [5, 5.41) is 17.8. The number of aliphatic hydroxyl groups is 1. The van der Waals surface area contributed by atoms with Gasteiger partial charge < -0.3 is 34.7 Å². The van der Waals surface area contributed by atoms with Crippen molar-refractivity contribution < 1.29 is 32.6 Å². The Morgan fingerprint density at radius 1 is 1.10 bits per heavy atom. The van der Waals surface area contributed by atoms with E-state index in [2.05, 4.69) is 15.6 Å². The molecular formula is C37H48N6O7S. The highest BCUT2D eigenvalue weighted by atomic mass is 32.2. The van der Waals surface area contributed by atoms with Crippen LogP contribution in [0.15, 0.2) is 78.2 Å². The number of rotatable bonds is 8. The van der Waals surface area contributed by atoms with Crippen molar-refractivity contribution in [1.82, 2.24) is 18.8 Å². The number of imidazole rings is 1. The van der Waals surface area contributed by atoms with Gasteiger partial charge in [-0.2, -0.15) is 4.31 Å². The molecule has 0 unspecified atom stereocenters. The number of benzene rings is 3. The number of ether oxygens (including phenoxy) is 2. The first kappa shape index (κ1) is 37.7. The standard InChI is InChI=1S/C37H48N6O7S/c1-25-20-43(26(2)23-44)36(45)31-19-29(39-37(46)40-32-15-10-13-28-12-6-7-14-30(28)32)16-17-33(31)50-27(3)11-8-9-18-49-34(25)21-42(5)51(47,48)35-22-41(4)24-38-35/h6-7,10,12-17,19,22,24-27,34,44H,8-9,11,18,20-21,23H2,1-5H3,(H2,39,40,46)/t25-,26+,27-,34+/m1/s1. The van der Waals surface area contributed by atoms with Gasteiger partial charge in [0, 0.05) is 57.0 Å². The average Bonchev–Trinajstić information content (AvgIpc) is 3.56. The van der Waals surface area contributed by atoms with Gasteiger partial charge in [-0.25, -0.2) is 18.2 Å². The number of fused-ring (bicyclic) bond motifs is 2. The van der Waals surface area contributed by atoms with Gasteiger partial charge in [-0.1, -0.05) is 43.3 Å². The zero-order valence-electron chi connectivity index (χ0n) is 29.8. The van der Waals surface area contributed by atoms with Crippen molar-refractivity contribution in [3.05, 3.63) is 78.8 Å². The molecule has 3 amide bonds. The van der Waals surface area contributed by atoms with Crippen molar-refractivity contribution in [2.24, 2.45) is 13.0 Å². The first-order valence-corrected chi connectivity index (χ1v) is 18.7. The second-order valence-corrected chi connectivity index (χ2v) is 15.3. The van der Waals surface area contributed by atoms with Crippen molar-refractivity contribution in [2.45, 2.75) is 63.3 Å². The molecule has 51 heavy (non-hydrogen) atoms. The van der Waals surface area contributed by atoms with Crippen LogP contribution >= 0.6 is 0 Å². The fourth-order valence-corrected chi connectivity index (χ4v) is 7.26. The van der Waals surface area contributed by atoms with E-state index in [1.165, 1.54) is 23.9 Å². The predicted molar refractivity (Wildman–Crippen MR) is 196 cm³/mol. The fourth-order valence-electron chi connectivity index (χ4n) is 6.12. The van der Waals surface area contributed by atoms with Crippen LogP contribution in [0.3, 0.4) is 0 Å². The Bertz CT molecular complexity index is 1930. The summed E-state index contributed by atoms with van der Waals surface area (Å²) in [6, 6.07) is 17.3. The molecule has 0 radical (unpaired) electrons. The van der Waals surface area contributed by atoms with E-state index in [0.29, 0.717) is 30.2 Å². The Morgan fingerprint density at radius 3 is 2.61 bits per heavy atom. The third-order valence-corrected chi connectivity index (χ3v) is 10.8. The number of sulfonamides is 1. The molecule has 3 aromatic carbocycles.